The number of allylic oxidation sites excluding steroid dienone is 2. The zero-order valence-corrected chi connectivity index (χ0v) is 7.92. The Hall–Kier alpha value is -0.460. The molecule has 0 aliphatic carbocycles. The van der Waals surface area contributed by atoms with E-state index < -0.39 is 0 Å². The van der Waals surface area contributed by atoms with E-state index in [4.69, 9.17) is 4.74 Å². The molecule has 1 heteroatoms. The SMILES string of the molecule is CC[C@H]1OC(C)=C[C@@H](C)[C@@H]1C. The second-order valence-electron chi connectivity index (χ2n) is 3.56. The molecule has 1 aliphatic heterocycles. The van der Waals surface area contributed by atoms with Gasteiger partial charge in [0.2, 0.25) is 0 Å². The molecule has 0 fully saturated rings. The van der Waals surface area contributed by atoms with Crippen molar-refractivity contribution >= 4 is 0 Å². The van der Waals surface area contributed by atoms with Gasteiger partial charge in [-0.05, 0) is 31.3 Å². The highest BCUT2D eigenvalue weighted by atomic mass is 16.5. The molecule has 0 aromatic heterocycles. The van der Waals surface area contributed by atoms with Crippen LogP contribution < -0.4 is 0 Å². The molecule has 11 heavy (non-hydrogen) atoms. The van der Waals surface area contributed by atoms with E-state index in [0.29, 0.717) is 17.9 Å². The zero-order valence-electron chi connectivity index (χ0n) is 7.92. The highest BCUT2D eigenvalue weighted by Crippen LogP contribution is 2.28. The van der Waals surface area contributed by atoms with Gasteiger partial charge in [0.1, 0.15) is 6.10 Å². The highest BCUT2D eigenvalue weighted by molar-refractivity contribution is 5.00. The highest BCUT2D eigenvalue weighted by Gasteiger charge is 2.25. The molecule has 1 aliphatic rings. The molecule has 0 radical (unpaired) electrons. The maximum absolute atomic E-state index is 5.68. The molecule has 0 spiro atoms. The van der Waals surface area contributed by atoms with E-state index in [1.807, 2.05) is 6.92 Å². The van der Waals surface area contributed by atoms with Gasteiger partial charge in [0.05, 0.1) is 5.76 Å². The van der Waals surface area contributed by atoms with Crippen LogP contribution in [0.3, 0.4) is 0 Å². The van der Waals surface area contributed by atoms with E-state index in [9.17, 15) is 0 Å². The first-order valence-corrected chi connectivity index (χ1v) is 4.50. The molecule has 1 nitrogen and oxygen atoms in total. The van der Waals surface area contributed by atoms with Crippen LogP contribution in [0.2, 0.25) is 0 Å². The van der Waals surface area contributed by atoms with Crippen LogP contribution in [0.15, 0.2) is 11.8 Å². The molecule has 0 unspecified atom stereocenters. The third-order valence-corrected chi connectivity index (χ3v) is 2.65. The summed E-state index contributed by atoms with van der Waals surface area (Å²) in [5, 5.41) is 0. The quantitative estimate of drug-likeness (QED) is 0.564. The fourth-order valence-corrected chi connectivity index (χ4v) is 1.70. The third-order valence-electron chi connectivity index (χ3n) is 2.65. The maximum atomic E-state index is 5.68. The van der Waals surface area contributed by atoms with Crippen molar-refractivity contribution in [3.05, 3.63) is 11.8 Å². The van der Waals surface area contributed by atoms with Crippen LogP contribution in [0.4, 0.5) is 0 Å². The second-order valence-corrected chi connectivity index (χ2v) is 3.56. The Labute approximate surface area is 69.4 Å². The fraction of sp³-hybridized carbons (Fsp3) is 0.800. The first-order valence-electron chi connectivity index (χ1n) is 4.50. The molecule has 0 saturated heterocycles. The van der Waals surface area contributed by atoms with E-state index in [1.54, 1.807) is 0 Å². The van der Waals surface area contributed by atoms with Crippen LogP contribution in [0.1, 0.15) is 34.1 Å². The summed E-state index contributed by atoms with van der Waals surface area (Å²) in [6, 6.07) is 0. The number of hydrogen-bond acceptors (Lipinski definition) is 1. The van der Waals surface area contributed by atoms with Gasteiger partial charge in [0.15, 0.2) is 0 Å². The molecular formula is C10H18O. The van der Waals surface area contributed by atoms with Gasteiger partial charge in [-0.15, -0.1) is 0 Å². The summed E-state index contributed by atoms with van der Waals surface area (Å²) >= 11 is 0. The molecule has 1 heterocycles. The van der Waals surface area contributed by atoms with Gasteiger partial charge in [-0.2, -0.15) is 0 Å². The summed E-state index contributed by atoms with van der Waals surface area (Å²) < 4.78 is 5.68. The lowest BCUT2D eigenvalue weighted by molar-refractivity contribution is 0.0348. The lowest BCUT2D eigenvalue weighted by atomic mass is 9.87. The predicted octanol–water partition coefficient (Wildman–Crippen LogP) is 2.97. The van der Waals surface area contributed by atoms with Gasteiger partial charge in [-0.3, -0.25) is 0 Å². The van der Waals surface area contributed by atoms with E-state index in [0.717, 1.165) is 12.2 Å². The van der Waals surface area contributed by atoms with Crippen molar-refractivity contribution in [2.24, 2.45) is 11.8 Å². The standard InChI is InChI=1S/C10H18O/c1-5-10-9(4)7(2)6-8(3)11-10/h6-7,9-10H,5H2,1-4H3/t7-,9+,10-/m1/s1. The van der Waals surface area contributed by atoms with Gasteiger partial charge in [0.25, 0.3) is 0 Å². The molecule has 64 valence electrons. The van der Waals surface area contributed by atoms with Crippen molar-refractivity contribution in [3.63, 3.8) is 0 Å². The fourth-order valence-electron chi connectivity index (χ4n) is 1.70. The number of rotatable bonds is 1. The van der Waals surface area contributed by atoms with Gasteiger partial charge < -0.3 is 4.74 Å². The third kappa shape index (κ3) is 1.76. The molecule has 0 bridgehead atoms. The van der Waals surface area contributed by atoms with Crippen molar-refractivity contribution in [2.45, 2.75) is 40.2 Å². The number of ether oxygens (including phenoxy) is 1. The van der Waals surface area contributed by atoms with E-state index in [1.165, 1.54) is 0 Å². The molecule has 0 N–H and O–H groups in total. The van der Waals surface area contributed by atoms with Crippen LogP contribution in [0.25, 0.3) is 0 Å². The van der Waals surface area contributed by atoms with Crippen molar-refractivity contribution in [3.8, 4) is 0 Å². The second kappa shape index (κ2) is 3.29. The van der Waals surface area contributed by atoms with Crippen LogP contribution in [-0.4, -0.2) is 6.10 Å². The molecule has 0 amide bonds. The molecule has 0 saturated carbocycles. The Morgan fingerprint density at radius 2 is 2.09 bits per heavy atom. The Morgan fingerprint density at radius 1 is 1.45 bits per heavy atom. The van der Waals surface area contributed by atoms with E-state index >= 15 is 0 Å². The Morgan fingerprint density at radius 3 is 2.64 bits per heavy atom. The summed E-state index contributed by atoms with van der Waals surface area (Å²) in [5.41, 5.74) is 0. The zero-order chi connectivity index (χ0) is 8.43. The van der Waals surface area contributed by atoms with Gasteiger partial charge in [0, 0.05) is 0 Å². The molecule has 3 atom stereocenters. The summed E-state index contributed by atoms with van der Waals surface area (Å²) in [7, 11) is 0. The minimum absolute atomic E-state index is 0.440. The normalized spacial score (nSPS) is 37.8. The Balaban J connectivity index is 2.67. The van der Waals surface area contributed by atoms with E-state index in [-0.39, 0.29) is 0 Å². The summed E-state index contributed by atoms with van der Waals surface area (Å²) in [4.78, 5) is 0. The average Bonchev–Trinajstić information content (AvgIpc) is 1.96. The predicted molar refractivity (Wildman–Crippen MR) is 47.2 cm³/mol. The van der Waals surface area contributed by atoms with E-state index in [2.05, 4.69) is 26.8 Å². The Kier molecular flexibility index (Phi) is 2.58. The van der Waals surface area contributed by atoms with Crippen LogP contribution in [-0.2, 0) is 4.74 Å². The molecule has 1 rings (SSSR count). The minimum atomic E-state index is 0.440. The molecule has 0 aromatic rings. The monoisotopic (exact) mass is 154 g/mol. The van der Waals surface area contributed by atoms with Crippen molar-refractivity contribution in [2.75, 3.05) is 0 Å². The molecule has 0 aromatic carbocycles. The topological polar surface area (TPSA) is 9.23 Å². The summed E-state index contributed by atoms with van der Waals surface area (Å²) in [6.45, 7) is 8.76. The Bertz CT molecular complexity index is 160. The lowest BCUT2D eigenvalue weighted by Crippen LogP contribution is -2.28. The van der Waals surface area contributed by atoms with Gasteiger partial charge in [-0.25, -0.2) is 0 Å². The smallest absolute Gasteiger partial charge is 0.101 e. The lowest BCUT2D eigenvalue weighted by Gasteiger charge is -2.32. The van der Waals surface area contributed by atoms with Crippen molar-refractivity contribution in [1.29, 1.82) is 0 Å². The summed E-state index contributed by atoms with van der Waals surface area (Å²) in [5.74, 6) is 2.44. The van der Waals surface area contributed by atoms with Crippen LogP contribution in [0, 0.1) is 11.8 Å². The largest absolute Gasteiger partial charge is 0.495 e. The first-order chi connectivity index (χ1) is 5.15. The number of hydrogen-bond donors (Lipinski definition) is 0. The minimum Gasteiger partial charge on any atom is -0.495 e. The molecular weight excluding hydrogens is 136 g/mol. The van der Waals surface area contributed by atoms with Crippen molar-refractivity contribution < 1.29 is 4.74 Å². The van der Waals surface area contributed by atoms with Crippen molar-refractivity contribution in [1.82, 2.24) is 0 Å². The van der Waals surface area contributed by atoms with Crippen LogP contribution >= 0.6 is 0 Å². The van der Waals surface area contributed by atoms with Crippen LogP contribution in [0.5, 0.6) is 0 Å². The van der Waals surface area contributed by atoms with Gasteiger partial charge >= 0.3 is 0 Å². The average molecular weight is 154 g/mol. The first kappa shape index (κ1) is 8.63. The maximum Gasteiger partial charge on any atom is 0.101 e. The summed E-state index contributed by atoms with van der Waals surface area (Å²) in [6.07, 6.45) is 3.78. The van der Waals surface area contributed by atoms with Gasteiger partial charge in [-0.1, -0.05) is 20.8 Å².